The minimum atomic E-state index is -0.363. The van der Waals surface area contributed by atoms with Crippen LogP contribution in [0.3, 0.4) is 0 Å². The molecule has 4 nitrogen and oxygen atoms in total. The van der Waals surface area contributed by atoms with Crippen molar-refractivity contribution in [2.45, 2.75) is 0 Å². The van der Waals surface area contributed by atoms with E-state index in [-0.39, 0.29) is 5.91 Å². The number of allylic oxidation sites excluding steroid dienone is 1. The number of hydrogen-bond acceptors (Lipinski definition) is 3. The monoisotopic (exact) mass is 314 g/mol. The van der Waals surface area contributed by atoms with Gasteiger partial charge in [-0.15, -0.1) is 0 Å². The summed E-state index contributed by atoms with van der Waals surface area (Å²) >= 11 is 6.04. The topological polar surface area (TPSA) is 50.7 Å². The number of nitrogens with zero attached hydrogens (tertiary/aromatic N) is 1. The van der Waals surface area contributed by atoms with Crippen LogP contribution in [0.15, 0.2) is 64.7 Å². The maximum Gasteiger partial charge on any atom is 0.275 e. The van der Waals surface area contributed by atoms with Gasteiger partial charge in [0.1, 0.15) is 5.75 Å². The first-order valence-electron chi connectivity index (χ1n) is 6.59. The van der Waals surface area contributed by atoms with Gasteiger partial charge in [0.2, 0.25) is 0 Å². The average molecular weight is 315 g/mol. The maximum atomic E-state index is 12.0. The van der Waals surface area contributed by atoms with Crippen molar-refractivity contribution in [1.29, 1.82) is 0 Å². The van der Waals surface area contributed by atoms with Crippen molar-refractivity contribution < 1.29 is 9.53 Å². The fourth-order valence-electron chi connectivity index (χ4n) is 1.79. The van der Waals surface area contributed by atoms with E-state index in [1.54, 1.807) is 30.3 Å². The SMILES string of the molecule is COc1ccccc1C(=O)N/N=C\C(Cl)=C\c1ccccc1. The molecule has 5 heteroatoms. The van der Waals surface area contributed by atoms with Gasteiger partial charge < -0.3 is 4.74 Å². The van der Waals surface area contributed by atoms with Crippen LogP contribution in [0.25, 0.3) is 6.08 Å². The van der Waals surface area contributed by atoms with Gasteiger partial charge >= 0.3 is 0 Å². The smallest absolute Gasteiger partial charge is 0.275 e. The summed E-state index contributed by atoms with van der Waals surface area (Å²) < 4.78 is 5.12. The third-order valence-electron chi connectivity index (χ3n) is 2.81. The number of hydrazone groups is 1. The molecule has 0 radical (unpaired) electrons. The number of benzene rings is 2. The number of halogens is 1. The molecule has 1 N–H and O–H groups in total. The summed E-state index contributed by atoms with van der Waals surface area (Å²) in [4.78, 5) is 12.0. The molecular weight excluding hydrogens is 300 g/mol. The zero-order valence-corrected chi connectivity index (χ0v) is 12.7. The number of hydrogen-bond donors (Lipinski definition) is 1. The number of carbonyl (C=O) groups excluding carboxylic acids is 1. The van der Waals surface area contributed by atoms with Gasteiger partial charge in [-0.25, -0.2) is 5.43 Å². The first kappa shape index (κ1) is 15.8. The quantitative estimate of drug-likeness (QED) is 0.676. The lowest BCUT2D eigenvalue weighted by Gasteiger charge is -2.05. The van der Waals surface area contributed by atoms with Crippen molar-refractivity contribution in [3.8, 4) is 5.75 Å². The van der Waals surface area contributed by atoms with Gasteiger partial charge in [0.05, 0.1) is 23.9 Å². The highest BCUT2D eigenvalue weighted by Gasteiger charge is 2.09. The van der Waals surface area contributed by atoms with Gasteiger partial charge in [0.25, 0.3) is 5.91 Å². The minimum Gasteiger partial charge on any atom is -0.496 e. The molecule has 2 rings (SSSR count). The van der Waals surface area contributed by atoms with E-state index >= 15 is 0 Å². The van der Waals surface area contributed by atoms with Gasteiger partial charge in [-0.1, -0.05) is 54.1 Å². The summed E-state index contributed by atoms with van der Waals surface area (Å²) in [6.07, 6.45) is 3.13. The molecule has 0 fully saturated rings. The fourth-order valence-corrected chi connectivity index (χ4v) is 1.97. The van der Waals surface area contributed by atoms with Gasteiger partial charge in [0, 0.05) is 0 Å². The largest absolute Gasteiger partial charge is 0.496 e. The molecule has 2 aromatic rings. The Hall–Kier alpha value is -2.59. The Morgan fingerprint density at radius 2 is 1.82 bits per heavy atom. The van der Waals surface area contributed by atoms with Crippen molar-refractivity contribution in [2.24, 2.45) is 5.10 Å². The van der Waals surface area contributed by atoms with Crippen molar-refractivity contribution in [1.82, 2.24) is 5.43 Å². The lowest BCUT2D eigenvalue weighted by atomic mass is 10.2. The molecule has 2 aromatic carbocycles. The Labute approximate surface area is 134 Å². The Bertz CT molecular complexity index is 697. The van der Waals surface area contributed by atoms with Crippen molar-refractivity contribution >= 4 is 29.8 Å². The predicted molar refractivity (Wildman–Crippen MR) is 89.2 cm³/mol. The summed E-state index contributed by atoms with van der Waals surface area (Å²) in [5, 5.41) is 4.25. The summed E-state index contributed by atoms with van der Waals surface area (Å²) in [5.41, 5.74) is 3.78. The molecule has 0 spiro atoms. The third kappa shape index (κ3) is 4.46. The Kier molecular flexibility index (Phi) is 5.74. The Balaban J connectivity index is 2.00. The van der Waals surface area contributed by atoms with E-state index in [0.29, 0.717) is 16.3 Å². The number of amides is 1. The maximum absolute atomic E-state index is 12.0. The third-order valence-corrected chi connectivity index (χ3v) is 3.02. The van der Waals surface area contributed by atoms with Crippen molar-refractivity contribution in [3.05, 3.63) is 70.8 Å². The van der Waals surface area contributed by atoms with Crippen LogP contribution in [0.4, 0.5) is 0 Å². The summed E-state index contributed by atoms with van der Waals surface area (Å²) in [6, 6.07) is 16.5. The lowest BCUT2D eigenvalue weighted by molar-refractivity contribution is 0.0952. The number of rotatable bonds is 5. The molecule has 0 saturated carbocycles. The van der Waals surface area contributed by atoms with E-state index in [1.165, 1.54) is 13.3 Å². The van der Waals surface area contributed by atoms with Crippen LogP contribution in [0.1, 0.15) is 15.9 Å². The highest BCUT2D eigenvalue weighted by Crippen LogP contribution is 2.16. The zero-order chi connectivity index (χ0) is 15.8. The van der Waals surface area contributed by atoms with Crippen LogP contribution in [0, 0.1) is 0 Å². The van der Waals surface area contributed by atoms with E-state index in [0.717, 1.165) is 5.56 Å². The molecule has 112 valence electrons. The second-order valence-corrected chi connectivity index (χ2v) is 4.78. The Morgan fingerprint density at radius 3 is 2.55 bits per heavy atom. The molecule has 0 heterocycles. The standard InChI is InChI=1S/C17H15ClN2O2/c1-22-16-10-6-5-9-15(16)17(21)20-19-12-14(18)11-13-7-3-2-4-8-13/h2-12H,1H3,(H,20,21)/b14-11-,19-12-. The van der Waals surface area contributed by atoms with E-state index in [2.05, 4.69) is 10.5 Å². The summed E-state index contributed by atoms with van der Waals surface area (Å²) in [7, 11) is 1.51. The number of nitrogens with one attached hydrogen (secondary N) is 1. The molecule has 0 aliphatic carbocycles. The van der Waals surface area contributed by atoms with Crippen LogP contribution in [0.2, 0.25) is 0 Å². The highest BCUT2D eigenvalue weighted by atomic mass is 35.5. The second kappa shape index (κ2) is 8.00. The van der Waals surface area contributed by atoms with E-state index in [4.69, 9.17) is 16.3 Å². The lowest BCUT2D eigenvalue weighted by Crippen LogP contribution is -2.18. The number of methoxy groups -OCH3 is 1. The van der Waals surface area contributed by atoms with Crippen molar-refractivity contribution in [3.63, 3.8) is 0 Å². The minimum absolute atomic E-state index is 0.363. The van der Waals surface area contributed by atoms with Gasteiger partial charge in [-0.05, 0) is 23.8 Å². The molecular formula is C17H15ClN2O2. The number of ether oxygens (including phenoxy) is 1. The molecule has 0 aliphatic rings. The van der Waals surface area contributed by atoms with Gasteiger partial charge in [0.15, 0.2) is 0 Å². The molecule has 0 bridgehead atoms. The van der Waals surface area contributed by atoms with Crippen molar-refractivity contribution in [2.75, 3.05) is 7.11 Å². The highest BCUT2D eigenvalue weighted by molar-refractivity contribution is 6.41. The van der Waals surface area contributed by atoms with Gasteiger partial charge in [-0.2, -0.15) is 5.10 Å². The van der Waals surface area contributed by atoms with E-state index in [9.17, 15) is 4.79 Å². The molecule has 1 amide bonds. The normalized spacial score (nSPS) is 11.5. The van der Waals surface area contributed by atoms with Crippen LogP contribution in [-0.4, -0.2) is 19.2 Å². The summed E-state index contributed by atoms with van der Waals surface area (Å²) in [6.45, 7) is 0. The van der Waals surface area contributed by atoms with Crippen LogP contribution >= 0.6 is 11.6 Å². The van der Waals surface area contributed by atoms with Crippen LogP contribution in [0.5, 0.6) is 5.75 Å². The molecule has 0 unspecified atom stereocenters. The second-order valence-electron chi connectivity index (χ2n) is 4.34. The molecule has 0 atom stereocenters. The number of carbonyl (C=O) groups is 1. The van der Waals surface area contributed by atoms with Crippen LogP contribution < -0.4 is 10.2 Å². The molecule has 0 aromatic heterocycles. The number of para-hydroxylation sites is 1. The molecule has 0 aliphatic heterocycles. The molecule has 22 heavy (non-hydrogen) atoms. The zero-order valence-electron chi connectivity index (χ0n) is 12.0. The first-order valence-corrected chi connectivity index (χ1v) is 6.97. The van der Waals surface area contributed by atoms with E-state index in [1.807, 2.05) is 30.3 Å². The van der Waals surface area contributed by atoms with Crippen LogP contribution in [-0.2, 0) is 0 Å². The van der Waals surface area contributed by atoms with Gasteiger partial charge in [-0.3, -0.25) is 4.79 Å². The first-order chi connectivity index (χ1) is 10.7. The summed E-state index contributed by atoms with van der Waals surface area (Å²) in [5.74, 6) is 0.124. The average Bonchev–Trinajstić information content (AvgIpc) is 2.55. The van der Waals surface area contributed by atoms with E-state index < -0.39 is 0 Å². The fraction of sp³-hybridized carbons (Fsp3) is 0.0588. The molecule has 0 saturated heterocycles. The Morgan fingerprint density at radius 1 is 1.14 bits per heavy atom. The predicted octanol–water partition coefficient (Wildman–Crippen LogP) is 3.69.